The largest absolute Gasteiger partial charge is 0.489 e. The molecule has 8 heteroatoms. The highest BCUT2D eigenvalue weighted by molar-refractivity contribution is 6.06. The van der Waals surface area contributed by atoms with Gasteiger partial charge in [0.2, 0.25) is 0 Å². The molecule has 7 nitrogen and oxygen atoms in total. The highest BCUT2D eigenvalue weighted by Gasteiger charge is 2.23. The molecule has 0 bridgehead atoms. The first-order valence-corrected chi connectivity index (χ1v) is 10.0. The number of halogens is 1. The number of esters is 1. The van der Waals surface area contributed by atoms with Crippen molar-refractivity contribution in [2.45, 2.75) is 20.5 Å². The third-order valence-corrected chi connectivity index (χ3v) is 4.78. The van der Waals surface area contributed by atoms with Crippen LogP contribution in [0.3, 0.4) is 0 Å². The summed E-state index contributed by atoms with van der Waals surface area (Å²) in [6.07, 6.45) is 0. The fraction of sp³-hybridized carbons (Fsp3) is 0.250. The van der Waals surface area contributed by atoms with E-state index < -0.39 is 5.97 Å². The minimum Gasteiger partial charge on any atom is -0.489 e. The molecule has 2 N–H and O–H groups in total. The minimum absolute atomic E-state index is 0.130. The Labute approximate surface area is 185 Å². The first-order valence-electron chi connectivity index (χ1n) is 10.0. The van der Waals surface area contributed by atoms with Crippen LogP contribution in [0.25, 0.3) is 0 Å². The van der Waals surface area contributed by atoms with Crippen LogP contribution in [0.4, 0.5) is 10.1 Å². The summed E-state index contributed by atoms with van der Waals surface area (Å²) in [6, 6.07) is 13.0. The van der Waals surface area contributed by atoms with Gasteiger partial charge in [-0.25, -0.2) is 9.18 Å². The van der Waals surface area contributed by atoms with E-state index in [1.165, 1.54) is 19.2 Å². The van der Waals surface area contributed by atoms with Gasteiger partial charge < -0.3 is 24.5 Å². The van der Waals surface area contributed by atoms with Gasteiger partial charge in [0.25, 0.3) is 5.91 Å². The van der Waals surface area contributed by atoms with Crippen molar-refractivity contribution in [3.8, 4) is 5.75 Å². The van der Waals surface area contributed by atoms with Gasteiger partial charge in [0.15, 0.2) is 0 Å². The van der Waals surface area contributed by atoms with Crippen LogP contribution in [0.5, 0.6) is 5.75 Å². The van der Waals surface area contributed by atoms with Crippen LogP contribution in [0, 0.1) is 19.7 Å². The number of anilines is 1. The Morgan fingerprint density at radius 3 is 2.59 bits per heavy atom. The smallest absolute Gasteiger partial charge is 0.340 e. The molecule has 0 unspecified atom stereocenters. The predicted octanol–water partition coefficient (Wildman–Crippen LogP) is 4.41. The molecule has 32 heavy (non-hydrogen) atoms. The van der Waals surface area contributed by atoms with Crippen LogP contribution in [0.15, 0.2) is 48.5 Å². The lowest BCUT2D eigenvalue weighted by Gasteiger charge is -2.09. The summed E-state index contributed by atoms with van der Waals surface area (Å²) in [5.74, 6) is -0.850. The van der Waals surface area contributed by atoms with Crippen molar-refractivity contribution in [2.24, 2.45) is 0 Å². The van der Waals surface area contributed by atoms with Gasteiger partial charge in [-0.15, -0.1) is 0 Å². The van der Waals surface area contributed by atoms with Gasteiger partial charge in [0, 0.05) is 24.6 Å². The van der Waals surface area contributed by atoms with E-state index >= 15 is 0 Å². The zero-order valence-corrected chi connectivity index (χ0v) is 18.2. The quantitative estimate of drug-likeness (QED) is 0.380. The van der Waals surface area contributed by atoms with E-state index in [0.717, 1.165) is 5.56 Å². The number of aromatic amines is 1. The summed E-state index contributed by atoms with van der Waals surface area (Å²) in [5, 5.41) is 2.82. The summed E-state index contributed by atoms with van der Waals surface area (Å²) in [5.41, 5.74) is 3.03. The molecule has 0 atom stereocenters. The van der Waals surface area contributed by atoms with E-state index in [4.69, 9.17) is 14.2 Å². The molecule has 2 aromatic carbocycles. The summed E-state index contributed by atoms with van der Waals surface area (Å²) in [6.45, 7) is 4.03. The molecule has 0 aliphatic rings. The van der Waals surface area contributed by atoms with Gasteiger partial charge in [0.1, 0.15) is 30.5 Å². The Kier molecular flexibility index (Phi) is 7.62. The van der Waals surface area contributed by atoms with Crippen molar-refractivity contribution in [3.05, 3.63) is 82.4 Å². The van der Waals surface area contributed by atoms with Crippen LogP contribution in [0.1, 0.15) is 37.7 Å². The van der Waals surface area contributed by atoms with Gasteiger partial charge in [-0.3, -0.25) is 4.79 Å². The second-order valence-corrected chi connectivity index (χ2v) is 7.15. The molecule has 0 radical (unpaired) electrons. The lowest BCUT2D eigenvalue weighted by Crippen LogP contribution is -2.15. The number of H-pyrrole nitrogens is 1. The maximum absolute atomic E-state index is 13.3. The van der Waals surface area contributed by atoms with Crippen molar-refractivity contribution in [3.63, 3.8) is 0 Å². The minimum atomic E-state index is -0.510. The van der Waals surface area contributed by atoms with E-state index in [-0.39, 0.29) is 30.6 Å². The molecule has 3 rings (SSSR count). The Morgan fingerprint density at radius 2 is 1.84 bits per heavy atom. The molecule has 0 spiro atoms. The Hall–Kier alpha value is -3.65. The number of methoxy groups -OCH3 is 1. The Balaban J connectivity index is 1.67. The third-order valence-electron chi connectivity index (χ3n) is 4.78. The number of rotatable bonds is 9. The lowest BCUT2D eigenvalue weighted by molar-refractivity contribution is 0.0386. The van der Waals surface area contributed by atoms with Crippen molar-refractivity contribution in [1.29, 1.82) is 0 Å². The Bertz CT molecular complexity index is 1110. The van der Waals surface area contributed by atoms with Crippen molar-refractivity contribution in [2.75, 3.05) is 25.6 Å². The van der Waals surface area contributed by atoms with Gasteiger partial charge in [-0.2, -0.15) is 0 Å². The van der Waals surface area contributed by atoms with E-state index in [1.807, 2.05) is 6.07 Å². The number of aryl methyl sites for hydroxylation is 1. The zero-order chi connectivity index (χ0) is 23.1. The van der Waals surface area contributed by atoms with E-state index in [9.17, 15) is 14.0 Å². The van der Waals surface area contributed by atoms with E-state index in [2.05, 4.69) is 10.3 Å². The summed E-state index contributed by atoms with van der Waals surface area (Å²) >= 11 is 0. The maximum Gasteiger partial charge on any atom is 0.340 e. The number of benzene rings is 2. The average Bonchev–Trinajstić information content (AvgIpc) is 3.07. The second kappa shape index (κ2) is 10.6. The molecule has 3 aromatic rings. The zero-order valence-electron chi connectivity index (χ0n) is 18.2. The van der Waals surface area contributed by atoms with Crippen LogP contribution in [0.2, 0.25) is 0 Å². The molecule has 168 valence electrons. The monoisotopic (exact) mass is 440 g/mol. The van der Waals surface area contributed by atoms with Crippen LogP contribution >= 0.6 is 0 Å². The number of hydrogen-bond donors (Lipinski definition) is 2. The average molecular weight is 440 g/mol. The summed E-state index contributed by atoms with van der Waals surface area (Å²) in [4.78, 5) is 28.1. The van der Waals surface area contributed by atoms with Gasteiger partial charge in [-0.1, -0.05) is 18.2 Å². The number of aromatic nitrogens is 1. The van der Waals surface area contributed by atoms with E-state index in [0.29, 0.717) is 34.9 Å². The highest BCUT2D eigenvalue weighted by Crippen LogP contribution is 2.21. The lowest BCUT2D eigenvalue weighted by atomic mass is 10.1. The molecule has 0 saturated carbocycles. The summed E-state index contributed by atoms with van der Waals surface area (Å²) in [7, 11) is 1.52. The molecule has 0 fully saturated rings. The first-order chi connectivity index (χ1) is 15.4. The van der Waals surface area contributed by atoms with Gasteiger partial charge in [0.05, 0.1) is 12.2 Å². The second-order valence-electron chi connectivity index (χ2n) is 7.15. The molecule has 0 aliphatic carbocycles. The van der Waals surface area contributed by atoms with Gasteiger partial charge in [-0.05, 0) is 49.2 Å². The van der Waals surface area contributed by atoms with E-state index in [1.54, 1.807) is 44.2 Å². The molecular formula is C24H25FN2O5. The van der Waals surface area contributed by atoms with Crippen molar-refractivity contribution in [1.82, 2.24) is 4.98 Å². The highest BCUT2D eigenvalue weighted by atomic mass is 19.1. The fourth-order valence-electron chi connectivity index (χ4n) is 3.23. The molecule has 0 aliphatic heterocycles. The number of carbonyl (C=O) groups is 2. The van der Waals surface area contributed by atoms with Gasteiger partial charge >= 0.3 is 5.97 Å². The standard InChI is InChI=1S/C24H25FN2O5/c1-15-21(24(29)31-11-10-30-3)16(2)26-22(15)23(28)27-19-8-4-6-17(12-19)14-32-20-9-5-7-18(25)13-20/h4-9,12-13,26H,10-11,14H2,1-3H3,(H,27,28). The van der Waals surface area contributed by atoms with Crippen LogP contribution < -0.4 is 10.1 Å². The Morgan fingerprint density at radius 1 is 1.06 bits per heavy atom. The number of nitrogens with one attached hydrogen (secondary N) is 2. The molecule has 0 saturated heterocycles. The van der Waals surface area contributed by atoms with Crippen LogP contribution in [-0.4, -0.2) is 37.2 Å². The predicted molar refractivity (Wildman–Crippen MR) is 118 cm³/mol. The number of amides is 1. The van der Waals surface area contributed by atoms with Crippen molar-refractivity contribution < 1.29 is 28.2 Å². The number of ether oxygens (including phenoxy) is 3. The molecule has 1 aromatic heterocycles. The van der Waals surface area contributed by atoms with Crippen molar-refractivity contribution >= 4 is 17.6 Å². The maximum atomic E-state index is 13.3. The summed E-state index contributed by atoms with van der Waals surface area (Å²) < 4.78 is 28.9. The SMILES string of the molecule is COCCOC(=O)c1c(C)[nH]c(C(=O)Nc2cccc(COc3cccc(F)c3)c2)c1C. The normalized spacial score (nSPS) is 10.6. The third kappa shape index (κ3) is 5.73. The molecule has 1 heterocycles. The number of hydrogen-bond acceptors (Lipinski definition) is 5. The topological polar surface area (TPSA) is 89.7 Å². The number of carbonyl (C=O) groups excluding carboxylic acids is 2. The molecule has 1 amide bonds. The first kappa shape index (κ1) is 23.0. The van der Waals surface area contributed by atoms with Crippen LogP contribution in [-0.2, 0) is 16.1 Å². The molecular weight excluding hydrogens is 415 g/mol. The fourth-order valence-corrected chi connectivity index (χ4v) is 3.23.